The lowest BCUT2D eigenvalue weighted by atomic mass is 10.1. The molecule has 0 spiro atoms. The smallest absolute Gasteiger partial charge is 0.191 e. The minimum atomic E-state index is -0.817. The topological polar surface area (TPSA) is 55.6 Å². The quantitative estimate of drug-likeness (QED) is 0.518. The fourth-order valence-electron chi connectivity index (χ4n) is 2.95. The Kier molecular flexibility index (Phi) is 5.34. The van der Waals surface area contributed by atoms with Crippen molar-refractivity contribution in [2.24, 2.45) is 7.05 Å². The van der Waals surface area contributed by atoms with Gasteiger partial charge in [-0.3, -0.25) is 4.68 Å². The monoisotopic (exact) mass is 397 g/mol. The zero-order valence-corrected chi connectivity index (χ0v) is 15.9. The average molecular weight is 398 g/mol. The minimum Gasteiger partial charge on any atom is -0.366 e. The van der Waals surface area contributed by atoms with E-state index in [1.807, 2.05) is 7.05 Å². The van der Waals surface area contributed by atoms with Crippen LogP contribution in [0.15, 0.2) is 29.6 Å². The summed E-state index contributed by atoms with van der Waals surface area (Å²) in [5, 5.41) is 9.24. The van der Waals surface area contributed by atoms with E-state index in [4.69, 9.17) is 0 Å². The first kappa shape index (κ1) is 18.8. The van der Waals surface area contributed by atoms with Crippen LogP contribution < -0.4 is 5.32 Å². The second kappa shape index (κ2) is 7.36. The lowest BCUT2D eigenvalue weighted by molar-refractivity contribution is 0.507. The van der Waals surface area contributed by atoms with Crippen molar-refractivity contribution < 1.29 is 8.78 Å². The number of thioether (sulfide) groups is 1. The van der Waals surface area contributed by atoms with Gasteiger partial charge in [-0.2, -0.15) is 5.10 Å². The molecule has 0 bridgehead atoms. The van der Waals surface area contributed by atoms with Gasteiger partial charge in [0.15, 0.2) is 22.4 Å². The van der Waals surface area contributed by atoms with E-state index in [2.05, 4.69) is 27.3 Å². The SMILES string of the molecule is CCSc1nc(N[C@@H]2C[C@H]2c2ccc(F)c(F)c2)c2cnn(C)c2n1.Cl. The van der Waals surface area contributed by atoms with Crippen LogP contribution in [0.1, 0.15) is 24.8 Å². The van der Waals surface area contributed by atoms with Gasteiger partial charge in [-0.05, 0) is 29.9 Å². The molecule has 138 valence electrons. The number of anilines is 1. The molecule has 2 atom stereocenters. The summed E-state index contributed by atoms with van der Waals surface area (Å²) in [5.41, 5.74) is 1.58. The van der Waals surface area contributed by atoms with Gasteiger partial charge in [-0.1, -0.05) is 24.8 Å². The fourth-order valence-corrected chi connectivity index (χ4v) is 3.51. The molecular weight excluding hydrogens is 380 g/mol. The number of rotatable bonds is 5. The van der Waals surface area contributed by atoms with E-state index in [1.165, 1.54) is 12.1 Å². The number of hydrogen-bond donors (Lipinski definition) is 1. The van der Waals surface area contributed by atoms with Crippen LogP contribution >= 0.6 is 24.2 Å². The molecule has 0 unspecified atom stereocenters. The highest BCUT2D eigenvalue weighted by Crippen LogP contribution is 2.43. The summed E-state index contributed by atoms with van der Waals surface area (Å²) in [6.45, 7) is 2.05. The van der Waals surface area contributed by atoms with Gasteiger partial charge < -0.3 is 5.32 Å². The Morgan fingerprint density at radius 1 is 1.27 bits per heavy atom. The first-order valence-electron chi connectivity index (χ1n) is 8.11. The predicted octanol–water partition coefficient (Wildman–Crippen LogP) is 4.14. The molecule has 1 fully saturated rings. The third-order valence-corrected chi connectivity index (χ3v) is 5.06. The van der Waals surface area contributed by atoms with Crippen LogP contribution in [0, 0.1) is 11.6 Å². The van der Waals surface area contributed by atoms with Crippen LogP contribution in [-0.4, -0.2) is 31.5 Å². The number of halogens is 3. The maximum absolute atomic E-state index is 13.4. The van der Waals surface area contributed by atoms with Gasteiger partial charge in [-0.25, -0.2) is 18.7 Å². The number of fused-ring (bicyclic) bond motifs is 1. The van der Waals surface area contributed by atoms with Gasteiger partial charge in [0.05, 0.1) is 11.6 Å². The van der Waals surface area contributed by atoms with E-state index in [1.54, 1.807) is 28.7 Å². The molecule has 2 aromatic heterocycles. The standard InChI is InChI=1S/C17H17F2N5S.ClH/c1-3-25-17-22-15(11-8-20-24(2)16(11)23-17)21-14-7-10(14)9-4-5-12(18)13(19)6-9;/h4-6,8,10,14H,3,7H2,1-2H3,(H,21,22,23);1H/t10-,14+;/m0./s1. The Labute approximate surface area is 160 Å². The van der Waals surface area contributed by atoms with E-state index in [-0.39, 0.29) is 24.4 Å². The predicted molar refractivity (Wildman–Crippen MR) is 101 cm³/mol. The van der Waals surface area contributed by atoms with Crippen molar-refractivity contribution in [2.75, 3.05) is 11.1 Å². The number of benzene rings is 1. The molecule has 1 aromatic carbocycles. The van der Waals surface area contributed by atoms with Gasteiger partial charge in [0.25, 0.3) is 0 Å². The minimum absolute atomic E-state index is 0. The molecule has 1 aliphatic rings. The lowest BCUT2D eigenvalue weighted by Gasteiger charge is -2.09. The van der Waals surface area contributed by atoms with Crippen LogP contribution in [0.2, 0.25) is 0 Å². The van der Waals surface area contributed by atoms with Crippen molar-refractivity contribution in [1.29, 1.82) is 0 Å². The molecule has 1 saturated carbocycles. The van der Waals surface area contributed by atoms with Gasteiger partial charge in [0, 0.05) is 19.0 Å². The number of aromatic nitrogens is 4. The molecular formula is C17H18ClF2N5S. The molecule has 3 aromatic rings. The van der Waals surface area contributed by atoms with Crippen LogP contribution in [-0.2, 0) is 7.05 Å². The first-order valence-corrected chi connectivity index (χ1v) is 9.09. The number of hydrogen-bond acceptors (Lipinski definition) is 5. The van der Waals surface area contributed by atoms with E-state index in [0.717, 1.165) is 34.6 Å². The maximum Gasteiger partial charge on any atom is 0.191 e. The molecule has 4 rings (SSSR count). The molecule has 9 heteroatoms. The van der Waals surface area contributed by atoms with Crippen LogP contribution in [0.4, 0.5) is 14.6 Å². The molecule has 0 aliphatic heterocycles. The van der Waals surface area contributed by atoms with Crippen molar-refractivity contribution in [3.8, 4) is 0 Å². The Bertz CT molecular complexity index is 948. The van der Waals surface area contributed by atoms with E-state index in [9.17, 15) is 8.78 Å². The second-order valence-electron chi connectivity index (χ2n) is 6.06. The molecule has 2 heterocycles. The Hall–Kier alpha value is -1.93. The van der Waals surface area contributed by atoms with Crippen LogP contribution in [0.5, 0.6) is 0 Å². The summed E-state index contributed by atoms with van der Waals surface area (Å²) in [6.07, 6.45) is 2.60. The van der Waals surface area contributed by atoms with E-state index < -0.39 is 11.6 Å². The van der Waals surface area contributed by atoms with Crippen LogP contribution in [0.25, 0.3) is 11.0 Å². The zero-order valence-electron chi connectivity index (χ0n) is 14.2. The van der Waals surface area contributed by atoms with Crippen molar-refractivity contribution in [2.45, 2.75) is 30.5 Å². The van der Waals surface area contributed by atoms with Crippen molar-refractivity contribution in [3.63, 3.8) is 0 Å². The summed E-state index contributed by atoms with van der Waals surface area (Å²) >= 11 is 1.57. The molecule has 0 amide bonds. The third-order valence-electron chi connectivity index (χ3n) is 4.33. The maximum atomic E-state index is 13.4. The zero-order chi connectivity index (χ0) is 17.6. The van der Waals surface area contributed by atoms with Gasteiger partial charge >= 0.3 is 0 Å². The summed E-state index contributed by atoms with van der Waals surface area (Å²) < 4.78 is 28.3. The highest BCUT2D eigenvalue weighted by Gasteiger charge is 2.39. The summed E-state index contributed by atoms with van der Waals surface area (Å²) in [4.78, 5) is 9.13. The summed E-state index contributed by atoms with van der Waals surface area (Å²) in [6, 6.07) is 4.24. The van der Waals surface area contributed by atoms with Gasteiger partial charge in [-0.15, -0.1) is 12.4 Å². The Morgan fingerprint density at radius 3 is 2.81 bits per heavy atom. The number of nitrogens with one attached hydrogen (secondary N) is 1. The van der Waals surface area contributed by atoms with Crippen molar-refractivity contribution in [1.82, 2.24) is 19.7 Å². The summed E-state index contributed by atoms with van der Waals surface area (Å²) in [7, 11) is 1.85. The average Bonchev–Trinajstić information content (AvgIpc) is 3.25. The second-order valence-corrected chi connectivity index (χ2v) is 7.29. The lowest BCUT2D eigenvalue weighted by Crippen LogP contribution is -2.08. The molecule has 1 aliphatic carbocycles. The number of nitrogens with zero attached hydrogens (tertiary/aromatic N) is 4. The normalized spacial score (nSPS) is 18.6. The first-order chi connectivity index (χ1) is 12.1. The third kappa shape index (κ3) is 3.48. The van der Waals surface area contributed by atoms with E-state index >= 15 is 0 Å². The Morgan fingerprint density at radius 2 is 2.08 bits per heavy atom. The molecule has 0 saturated heterocycles. The molecule has 26 heavy (non-hydrogen) atoms. The van der Waals surface area contributed by atoms with Crippen LogP contribution in [0.3, 0.4) is 0 Å². The van der Waals surface area contributed by atoms with Crippen molar-refractivity contribution in [3.05, 3.63) is 41.6 Å². The molecule has 0 radical (unpaired) electrons. The Balaban J connectivity index is 0.00000196. The largest absolute Gasteiger partial charge is 0.366 e. The molecule has 5 nitrogen and oxygen atoms in total. The van der Waals surface area contributed by atoms with Gasteiger partial charge in [0.2, 0.25) is 0 Å². The summed E-state index contributed by atoms with van der Waals surface area (Å²) in [5.74, 6) is 0.150. The van der Waals surface area contributed by atoms with Crippen molar-refractivity contribution >= 4 is 41.0 Å². The number of aryl methyl sites for hydroxylation is 1. The van der Waals surface area contributed by atoms with Gasteiger partial charge in [0.1, 0.15) is 5.82 Å². The molecule has 1 N–H and O–H groups in total. The van der Waals surface area contributed by atoms with E-state index in [0.29, 0.717) is 5.16 Å². The highest BCUT2D eigenvalue weighted by molar-refractivity contribution is 7.99. The fraction of sp³-hybridized carbons (Fsp3) is 0.353. The highest BCUT2D eigenvalue weighted by atomic mass is 35.5.